The highest BCUT2D eigenvalue weighted by Crippen LogP contribution is 2.19. The van der Waals surface area contributed by atoms with E-state index in [1.165, 1.54) is 6.07 Å². The fourth-order valence-corrected chi connectivity index (χ4v) is 2.37. The van der Waals surface area contributed by atoms with E-state index in [0.29, 0.717) is 30.0 Å². The van der Waals surface area contributed by atoms with E-state index < -0.39 is 0 Å². The maximum atomic E-state index is 13.2. The zero-order valence-electron chi connectivity index (χ0n) is 11.9. The highest BCUT2D eigenvalue weighted by atomic mass is 19.1. The van der Waals surface area contributed by atoms with Gasteiger partial charge in [-0.3, -0.25) is 4.79 Å². The number of rotatable bonds is 8. The van der Waals surface area contributed by atoms with E-state index in [1.807, 2.05) is 0 Å². The minimum absolute atomic E-state index is 0.0984. The summed E-state index contributed by atoms with van der Waals surface area (Å²) in [5.41, 5.74) is 6.73. The van der Waals surface area contributed by atoms with Gasteiger partial charge in [-0.2, -0.15) is 0 Å². The van der Waals surface area contributed by atoms with Crippen LogP contribution in [0.25, 0.3) is 0 Å². The van der Waals surface area contributed by atoms with Gasteiger partial charge in [-0.1, -0.05) is 19.8 Å². The Hall–Kier alpha value is -1.22. The van der Waals surface area contributed by atoms with Crippen LogP contribution in [0.5, 0.6) is 0 Å². The lowest BCUT2D eigenvalue weighted by atomic mass is 9.92. The number of hydrogen-bond donors (Lipinski definition) is 1. The first-order valence-corrected chi connectivity index (χ1v) is 7.07. The Morgan fingerprint density at radius 3 is 2.63 bits per heavy atom. The molecule has 1 rings (SSSR count). The van der Waals surface area contributed by atoms with Crippen molar-refractivity contribution in [3.8, 4) is 0 Å². The molecule has 106 valence electrons. The molecule has 3 heteroatoms. The summed E-state index contributed by atoms with van der Waals surface area (Å²) < 4.78 is 13.2. The van der Waals surface area contributed by atoms with E-state index in [9.17, 15) is 9.18 Å². The monoisotopic (exact) mass is 265 g/mol. The zero-order valence-corrected chi connectivity index (χ0v) is 11.9. The normalized spacial score (nSPS) is 12.4. The highest BCUT2D eigenvalue weighted by molar-refractivity contribution is 5.96. The Bertz CT molecular complexity index is 411. The van der Waals surface area contributed by atoms with Gasteiger partial charge in [0.2, 0.25) is 0 Å². The first-order chi connectivity index (χ1) is 9.08. The van der Waals surface area contributed by atoms with E-state index in [-0.39, 0.29) is 11.6 Å². The SMILES string of the molecule is CCCC(CCN)CCC(=O)c1ccc(F)c(C)c1. The molecule has 0 aliphatic rings. The van der Waals surface area contributed by atoms with Gasteiger partial charge < -0.3 is 5.73 Å². The van der Waals surface area contributed by atoms with Crippen molar-refractivity contribution in [1.29, 1.82) is 0 Å². The van der Waals surface area contributed by atoms with E-state index in [4.69, 9.17) is 5.73 Å². The zero-order chi connectivity index (χ0) is 14.3. The predicted octanol–water partition coefficient (Wildman–Crippen LogP) is 3.86. The van der Waals surface area contributed by atoms with E-state index >= 15 is 0 Å². The van der Waals surface area contributed by atoms with Crippen LogP contribution in [0.2, 0.25) is 0 Å². The molecule has 0 fully saturated rings. The van der Waals surface area contributed by atoms with Crippen molar-refractivity contribution < 1.29 is 9.18 Å². The van der Waals surface area contributed by atoms with Crippen molar-refractivity contribution in [2.24, 2.45) is 11.7 Å². The lowest BCUT2D eigenvalue weighted by Gasteiger charge is -2.14. The van der Waals surface area contributed by atoms with Crippen LogP contribution in [0, 0.1) is 18.7 Å². The topological polar surface area (TPSA) is 43.1 Å². The molecule has 0 aliphatic heterocycles. The van der Waals surface area contributed by atoms with Gasteiger partial charge in [0.05, 0.1) is 0 Å². The number of hydrogen-bond acceptors (Lipinski definition) is 2. The Morgan fingerprint density at radius 2 is 2.05 bits per heavy atom. The Morgan fingerprint density at radius 1 is 1.32 bits per heavy atom. The molecule has 0 saturated heterocycles. The molecule has 0 radical (unpaired) electrons. The van der Waals surface area contributed by atoms with Gasteiger partial charge in [0, 0.05) is 12.0 Å². The molecule has 1 atom stereocenters. The average molecular weight is 265 g/mol. The molecule has 0 bridgehead atoms. The quantitative estimate of drug-likeness (QED) is 0.725. The molecule has 2 nitrogen and oxygen atoms in total. The summed E-state index contributed by atoms with van der Waals surface area (Å²) in [6.45, 7) is 4.50. The molecule has 2 N–H and O–H groups in total. The summed E-state index contributed by atoms with van der Waals surface area (Å²) in [5, 5.41) is 0. The van der Waals surface area contributed by atoms with Crippen molar-refractivity contribution >= 4 is 5.78 Å². The van der Waals surface area contributed by atoms with Crippen LogP contribution < -0.4 is 5.73 Å². The third kappa shape index (κ3) is 5.11. The number of carbonyl (C=O) groups excluding carboxylic acids is 1. The summed E-state index contributed by atoms with van der Waals surface area (Å²) in [6, 6.07) is 4.57. The van der Waals surface area contributed by atoms with E-state index in [1.54, 1.807) is 19.1 Å². The Labute approximate surface area is 115 Å². The van der Waals surface area contributed by atoms with Crippen LogP contribution in [0.3, 0.4) is 0 Å². The van der Waals surface area contributed by atoms with Gasteiger partial charge in [-0.25, -0.2) is 4.39 Å². The standard InChI is InChI=1S/C16H24FNO/c1-3-4-13(9-10-18)5-8-16(19)14-6-7-15(17)12(2)11-14/h6-7,11,13H,3-5,8-10,18H2,1-2H3. The molecule has 19 heavy (non-hydrogen) atoms. The number of benzene rings is 1. The molecule has 0 aromatic heterocycles. The molecule has 1 aromatic rings. The third-order valence-electron chi connectivity index (χ3n) is 3.53. The van der Waals surface area contributed by atoms with Gasteiger partial charge in [-0.05, 0) is 56.0 Å². The maximum Gasteiger partial charge on any atom is 0.162 e. The van der Waals surface area contributed by atoms with Crippen molar-refractivity contribution in [1.82, 2.24) is 0 Å². The number of Topliss-reactive ketones (excluding diaryl/α,β-unsaturated/α-hetero) is 1. The predicted molar refractivity (Wildman–Crippen MR) is 76.8 cm³/mol. The van der Waals surface area contributed by atoms with Gasteiger partial charge in [0.25, 0.3) is 0 Å². The highest BCUT2D eigenvalue weighted by Gasteiger charge is 2.12. The van der Waals surface area contributed by atoms with Crippen molar-refractivity contribution in [3.05, 3.63) is 35.1 Å². The first-order valence-electron chi connectivity index (χ1n) is 7.07. The fraction of sp³-hybridized carbons (Fsp3) is 0.562. The second-order valence-electron chi connectivity index (χ2n) is 5.16. The molecular weight excluding hydrogens is 241 g/mol. The Kier molecular flexibility index (Phi) is 6.71. The number of halogens is 1. The second kappa shape index (κ2) is 8.05. The lowest BCUT2D eigenvalue weighted by molar-refractivity contribution is 0.0972. The van der Waals surface area contributed by atoms with Crippen LogP contribution in [0.4, 0.5) is 4.39 Å². The second-order valence-corrected chi connectivity index (χ2v) is 5.16. The molecule has 0 aliphatic carbocycles. The smallest absolute Gasteiger partial charge is 0.162 e. The van der Waals surface area contributed by atoms with Gasteiger partial charge in [0.15, 0.2) is 5.78 Å². The van der Waals surface area contributed by atoms with E-state index in [0.717, 1.165) is 25.7 Å². The molecule has 0 saturated carbocycles. The van der Waals surface area contributed by atoms with Gasteiger partial charge in [0.1, 0.15) is 5.82 Å². The van der Waals surface area contributed by atoms with Crippen molar-refractivity contribution in [3.63, 3.8) is 0 Å². The van der Waals surface area contributed by atoms with Crippen LogP contribution in [0.15, 0.2) is 18.2 Å². The average Bonchev–Trinajstić information content (AvgIpc) is 2.39. The summed E-state index contributed by atoms with van der Waals surface area (Å²) in [7, 11) is 0. The number of ketones is 1. The molecule has 0 amide bonds. The molecule has 0 heterocycles. The van der Waals surface area contributed by atoms with Gasteiger partial charge in [-0.15, -0.1) is 0 Å². The number of carbonyl (C=O) groups is 1. The van der Waals surface area contributed by atoms with Crippen LogP contribution in [0.1, 0.15) is 54.9 Å². The molecular formula is C16H24FNO. The molecule has 1 aromatic carbocycles. The third-order valence-corrected chi connectivity index (χ3v) is 3.53. The summed E-state index contributed by atoms with van der Waals surface area (Å²) in [5.74, 6) is 0.366. The van der Waals surface area contributed by atoms with Crippen LogP contribution in [-0.4, -0.2) is 12.3 Å². The molecule has 1 unspecified atom stereocenters. The lowest BCUT2D eigenvalue weighted by Crippen LogP contribution is -2.11. The van der Waals surface area contributed by atoms with Crippen molar-refractivity contribution in [2.45, 2.75) is 46.0 Å². The summed E-state index contributed by atoms with van der Waals surface area (Å²) in [4.78, 5) is 12.1. The largest absolute Gasteiger partial charge is 0.330 e. The van der Waals surface area contributed by atoms with Crippen molar-refractivity contribution in [2.75, 3.05) is 6.54 Å². The van der Waals surface area contributed by atoms with Crippen LogP contribution >= 0.6 is 0 Å². The minimum atomic E-state index is -0.261. The van der Waals surface area contributed by atoms with Gasteiger partial charge >= 0.3 is 0 Å². The summed E-state index contributed by atoms with van der Waals surface area (Å²) >= 11 is 0. The van der Waals surface area contributed by atoms with E-state index in [2.05, 4.69) is 6.92 Å². The summed E-state index contributed by atoms with van der Waals surface area (Å²) in [6.07, 6.45) is 4.61. The maximum absolute atomic E-state index is 13.2. The minimum Gasteiger partial charge on any atom is -0.330 e. The first kappa shape index (κ1) is 15.8. The number of aryl methyl sites for hydroxylation is 1. The fourth-order valence-electron chi connectivity index (χ4n) is 2.37. The molecule has 0 spiro atoms. The number of nitrogens with two attached hydrogens (primary N) is 1. The Balaban J connectivity index is 2.56. The van der Waals surface area contributed by atoms with Crippen LogP contribution in [-0.2, 0) is 0 Å².